The third kappa shape index (κ3) is 4.62. The highest BCUT2D eigenvalue weighted by molar-refractivity contribution is 5.99. The molecule has 0 saturated carbocycles. The molecular formula is C21H20O7. The van der Waals surface area contributed by atoms with Crippen LogP contribution in [0.4, 0.5) is 0 Å². The molecule has 146 valence electrons. The van der Waals surface area contributed by atoms with Crippen LogP contribution in [0.5, 0.6) is 23.0 Å². The van der Waals surface area contributed by atoms with E-state index in [2.05, 4.69) is 0 Å². The zero-order valence-corrected chi connectivity index (χ0v) is 15.6. The maximum Gasteiger partial charge on any atom is 0.331 e. The third-order valence-corrected chi connectivity index (χ3v) is 3.94. The number of methoxy groups -OCH3 is 1. The van der Waals surface area contributed by atoms with Crippen LogP contribution in [0.3, 0.4) is 0 Å². The summed E-state index contributed by atoms with van der Waals surface area (Å²) >= 11 is 0. The first-order valence-electron chi connectivity index (χ1n) is 8.69. The predicted octanol–water partition coefficient (Wildman–Crippen LogP) is 3.26. The van der Waals surface area contributed by atoms with Crippen molar-refractivity contribution in [3.63, 3.8) is 0 Å². The van der Waals surface area contributed by atoms with Crippen molar-refractivity contribution in [2.75, 3.05) is 27.1 Å². The molecule has 0 unspecified atom stereocenters. The van der Waals surface area contributed by atoms with Gasteiger partial charge in [-0.05, 0) is 48.9 Å². The molecule has 3 rings (SSSR count). The van der Waals surface area contributed by atoms with Crippen molar-refractivity contribution in [1.82, 2.24) is 0 Å². The van der Waals surface area contributed by atoms with E-state index in [4.69, 9.17) is 23.7 Å². The summed E-state index contributed by atoms with van der Waals surface area (Å²) in [6.07, 6.45) is 2.83. The number of hydrogen-bond donors (Lipinski definition) is 0. The van der Waals surface area contributed by atoms with Gasteiger partial charge in [0.15, 0.2) is 35.4 Å². The van der Waals surface area contributed by atoms with Crippen LogP contribution in [0.25, 0.3) is 6.08 Å². The van der Waals surface area contributed by atoms with Crippen molar-refractivity contribution in [3.05, 3.63) is 53.6 Å². The Hall–Kier alpha value is -3.48. The van der Waals surface area contributed by atoms with Crippen LogP contribution in [0.2, 0.25) is 0 Å². The van der Waals surface area contributed by atoms with E-state index in [0.29, 0.717) is 35.2 Å². The van der Waals surface area contributed by atoms with Gasteiger partial charge in [-0.15, -0.1) is 0 Å². The largest absolute Gasteiger partial charge is 0.493 e. The normalized spacial score (nSPS) is 12.1. The number of ether oxygens (including phenoxy) is 5. The lowest BCUT2D eigenvalue weighted by Gasteiger charge is -2.09. The molecule has 0 spiro atoms. The van der Waals surface area contributed by atoms with Gasteiger partial charge in [0.25, 0.3) is 0 Å². The fourth-order valence-corrected chi connectivity index (χ4v) is 2.57. The van der Waals surface area contributed by atoms with E-state index in [1.807, 2.05) is 6.92 Å². The summed E-state index contributed by atoms with van der Waals surface area (Å²) in [5, 5.41) is 0. The molecule has 0 N–H and O–H groups in total. The zero-order valence-electron chi connectivity index (χ0n) is 15.6. The highest BCUT2D eigenvalue weighted by Crippen LogP contribution is 2.32. The van der Waals surface area contributed by atoms with Gasteiger partial charge in [-0.3, -0.25) is 4.79 Å². The summed E-state index contributed by atoms with van der Waals surface area (Å²) in [5.74, 6) is 1.32. The molecule has 0 fully saturated rings. The molecule has 0 atom stereocenters. The Morgan fingerprint density at radius 1 is 1.07 bits per heavy atom. The van der Waals surface area contributed by atoms with Crippen LogP contribution >= 0.6 is 0 Å². The number of esters is 1. The minimum Gasteiger partial charge on any atom is -0.493 e. The molecule has 1 heterocycles. The SMILES string of the molecule is CCOc1cc(/C=C/C(=O)OCC(=O)c2ccc3c(c2)OCO3)ccc1OC. The van der Waals surface area contributed by atoms with Gasteiger partial charge in [-0.25, -0.2) is 4.79 Å². The van der Waals surface area contributed by atoms with Crippen LogP contribution in [-0.2, 0) is 9.53 Å². The number of benzene rings is 2. The average molecular weight is 384 g/mol. The van der Waals surface area contributed by atoms with E-state index < -0.39 is 5.97 Å². The highest BCUT2D eigenvalue weighted by atomic mass is 16.7. The molecule has 0 radical (unpaired) electrons. The molecular weight excluding hydrogens is 364 g/mol. The van der Waals surface area contributed by atoms with Gasteiger partial charge in [0.2, 0.25) is 6.79 Å². The van der Waals surface area contributed by atoms with Gasteiger partial charge in [0, 0.05) is 11.6 Å². The molecule has 28 heavy (non-hydrogen) atoms. The molecule has 0 saturated heterocycles. The average Bonchev–Trinajstić information content (AvgIpc) is 3.18. The predicted molar refractivity (Wildman–Crippen MR) is 101 cm³/mol. The molecule has 0 aliphatic carbocycles. The van der Waals surface area contributed by atoms with Crippen molar-refractivity contribution in [1.29, 1.82) is 0 Å². The third-order valence-electron chi connectivity index (χ3n) is 3.94. The van der Waals surface area contributed by atoms with Crippen LogP contribution in [0.1, 0.15) is 22.8 Å². The molecule has 7 heteroatoms. The minimum absolute atomic E-state index is 0.128. The lowest BCUT2D eigenvalue weighted by molar-refractivity contribution is -0.136. The quantitative estimate of drug-likeness (QED) is 0.393. The maximum absolute atomic E-state index is 12.2. The topological polar surface area (TPSA) is 80.3 Å². The number of carbonyl (C=O) groups is 2. The highest BCUT2D eigenvalue weighted by Gasteiger charge is 2.17. The Morgan fingerprint density at radius 2 is 1.89 bits per heavy atom. The number of rotatable bonds is 8. The molecule has 1 aliphatic heterocycles. The first-order chi connectivity index (χ1) is 13.6. The standard InChI is InChI=1S/C21H20O7/c1-3-25-19-10-14(4-7-17(19)24-2)5-9-21(23)26-12-16(22)15-6-8-18-20(11-15)28-13-27-18/h4-11H,3,12-13H2,1-2H3/b9-5+. The lowest BCUT2D eigenvalue weighted by atomic mass is 10.1. The van der Waals surface area contributed by atoms with E-state index in [0.717, 1.165) is 5.56 Å². The van der Waals surface area contributed by atoms with Crippen molar-refractivity contribution in [2.45, 2.75) is 6.92 Å². The summed E-state index contributed by atoms with van der Waals surface area (Å²) in [4.78, 5) is 24.1. The van der Waals surface area contributed by atoms with Crippen molar-refractivity contribution >= 4 is 17.8 Å². The van der Waals surface area contributed by atoms with Gasteiger partial charge in [-0.2, -0.15) is 0 Å². The minimum atomic E-state index is -0.622. The fourth-order valence-electron chi connectivity index (χ4n) is 2.57. The van der Waals surface area contributed by atoms with E-state index in [-0.39, 0.29) is 19.2 Å². The van der Waals surface area contributed by atoms with Crippen molar-refractivity contribution in [2.24, 2.45) is 0 Å². The molecule has 0 amide bonds. The number of Topliss-reactive ketones (excluding diaryl/α,β-unsaturated/α-hetero) is 1. The van der Waals surface area contributed by atoms with Gasteiger partial charge in [0.05, 0.1) is 13.7 Å². The Morgan fingerprint density at radius 3 is 2.68 bits per heavy atom. The van der Waals surface area contributed by atoms with Crippen molar-refractivity contribution in [3.8, 4) is 23.0 Å². The second-order valence-corrected chi connectivity index (χ2v) is 5.78. The van der Waals surface area contributed by atoms with Crippen LogP contribution in [0.15, 0.2) is 42.5 Å². The van der Waals surface area contributed by atoms with Crippen LogP contribution in [0, 0.1) is 0 Å². The summed E-state index contributed by atoms with van der Waals surface area (Å²) in [6.45, 7) is 2.13. The summed E-state index contributed by atoms with van der Waals surface area (Å²) in [7, 11) is 1.56. The Kier molecular flexibility index (Phi) is 6.16. The molecule has 0 bridgehead atoms. The van der Waals surface area contributed by atoms with Gasteiger partial charge in [-0.1, -0.05) is 6.07 Å². The smallest absolute Gasteiger partial charge is 0.331 e. The first kappa shape index (κ1) is 19.3. The molecule has 2 aromatic carbocycles. The summed E-state index contributed by atoms with van der Waals surface area (Å²) in [5.41, 5.74) is 1.13. The van der Waals surface area contributed by atoms with E-state index in [1.54, 1.807) is 49.6 Å². The van der Waals surface area contributed by atoms with Gasteiger partial charge >= 0.3 is 5.97 Å². The number of carbonyl (C=O) groups excluding carboxylic acids is 2. The van der Waals surface area contributed by atoms with E-state index >= 15 is 0 Å². The Balaban J connectivity index is 1.56. The number of ketones is 1. The van der Waals surface area contributed by atoms with E-state index in [1.165, 1.54) is 6.08 Å². The second kappa shape index (κ2) is 8.94. The van der Waals surface area contributed by atoms with Gasteiger partial charge < -0.3 is 23.7 Å². The maximum atomic E-state index is 12.2. The number of hydrogen-bond acceptors (Lipinski definition) is 7. The molecule has 1 aliphatic rings. The van der Waals surface area contributed by atoms with Gasteiger partial charge in [0.1, 0.15) is 0 Å². The fraction of sp³-hybridized carbons (Fsp3) is 0.238. The van der Waals surface area contributed by atoms with Crippen LogP contribution < -0.4 is 18.9 Å². The van der Waals surface area contributed by atoms with E-state index in [9.17, 15) is 9.59 Å². The first-order valence-corrected chi connectivity index (χ1v) is 8.69. The van der Waals surface area contributed by atoms with Crippen LogP contribution in [-0.4, -0.2) is 38.9 Å². The summed E-state index contributed by atoms with van der Waals surface area (Å²) in [6, 6.07) is 10.1. The second-order valence-electron chi connectivity index (χ2n) is 5.78. The monoisotopic (exact) mass is 384 g/mol. The molecule has 2 aromatic rings. The summed E-state index contributed by atoms with van der Waals surface area (Å²) < 4.78 is 26.2. The number of fused-ring (bicyclic) bond motifs is 1. The van der Waals surface area contributed by atoms with Crippen molar-refractivity contribution < 1.29 is 33.3 Å². The zero-order chi connectivity index (χ0) is 19.9. The Bertz CT molecular complexity index is 902. The Labute approximate surface area is 162 Å². The molecule has 7 nitrogen and oxygen atoms in total. The molecule has 0 aromatic heterocycles. The lowest BCUT2D eigenvalue weighted by Crippen LogP contribution is -2.12.